The summed E-state index contributed by atoms with van der Waals surface area (Å²) in [7, 11) is 1.64. The average Bonchev–Trinajstić information content (AvgIpc) is 2.76. The average molecular weight is 427 g/mol. The molecule has 2 aromatic rings. The van der Waals surface area contributed by atoms with Crippen LogP contribution in [-0.2, 0) is 19.1 Å². The Hall–Kier alpha value is -2.56. The molecule has 2 aromatic carbocycles. The van der Waals surface area contributed by atoms with Gasteiger partial charge in [0.15, 0.2) is 6.61 Å². The number of rotatable bonds is 7. The number of carbonyl (C=O) groups excluding carboxylic acids is 2. The minimum Gasteiger partial charge on any atom is -0.497 e. The summed E-state index contributed by atoms with van der Waals surface area (Å²) in [6.45, 7) is 7.98. The summed E-state index contributed by atoms with van der Waals surface area (Å²) in [5.74, 6) is 0.795. The highest BCUT2D eigenvalue weighted by molar-refractivity contribution is 5.87. The third kappa shape index (κ3) is 5.78. The topological polar surface area (TPSA) is 61.8 Å². The summed E-state index contributed by atoms with van der Waals surface area (Å²) in [5.41, 5.74) is 0.844. The first-order valence-electron chi connectivity index (χ1n) is 11.2. The van der Waals surface area contributed by atoms with Gasteiger partial charge in [-0.05, 0) is 66.0 Å². The molecule has 0 amide bonds. The molecule has 5 nitrogen and oxygen atoms in total. The maximum Gasteiger partial charge on any atom is 0.344 e. The van der Waals surface area contributed by atoms with Crippen LogP contribution in [0.2, 0.25) is 0 Å². The fourth-order valence-electron chi connectivity index (χ4n) is 4.48. The largest absolute Gasteiger partial charge is 0.497 e. The van der Waals surface area contributed by atoms with E-state index in [9.17, 15) is 9.59 Å². The van der Waals surface area contributed by atoms with E-state index < -0.39 is 17.9 Å². The van der Waals surface area contributed by atoms with E-state index in [4.69, 9.17) is 14.2 Å². The molecule has 5 heteroatoms. The lowest BCUT2D eigenvalue weighted by atomic mass is 9.75. The molecule has 0 bridgehead atoms. The molecule has 31 heavy (non-hydrogen) atoms. The molecule has 0 saturated heterocycles. The van der Waals surface area contributed by atoms with E-state index in [1.54, 1.807) is 14.0 Å². The van der Waals surface area contributed by atoms with Crippen LogP contribution in [0.3, 0.4) is 0 Å². The first-order chi connectivity index (χ1) is 14.8. The molecule has 1 aliphatic rings. The van der Waals surface area contributed by atoms with Crippen molar-refractivity contribution in [1.82, 2.24) is 0 Å². The van der Waals surface area contributed by atoms with Gasteiger partial charge in [-0.1, -0.05) is 51.5 Å². The van der Waals surface area contributed by atoms with Crippen molar-refractivity contribution < 1.29 is 23.8 Å². The number of ether oxygens (including phenoxy) is 3. The number of methoxy groups -OCH3 is 1. The first kappa shape index (κ1) is 23.1. The van der Waals surface area contributed by atoms with E-state index in [2.05, 4.69) is 20.8 Å². The maximum absolute atomic E-state index is 12.6. The van der Waals surface area contributed by atoms with E-state index in [0.717, 1.165) is 34.9 Å². The van der Waals surface area contributed by atoms with Gasteiger partial charge in [-0.2, -0.15) is 0 Å². The molecule has 0 heterocycles. The van der Waals surface area contributed by atoms with Crippen molar-refractivity contribution >= 4 is 22.7 Å². The molecule has 0 spiro atoms. The molecular formula is C26H34O5. The Bertz CT molecular complexity index is 919. The molecule has 3 rings (SSSR count). The van der Waals surface area contributed by atoms with Gasteiger partial charge >= 0.3 is 11.9 Å². The number of hydrogen-bond acceptors (Lipinski definition) is 5. The second kappa shape index (κ2) is 10.2. The van der Waals surface area contributed by atoms with Crippen molar-refractivity contribution in [3.05, 3.63) is 42.0 Å². The van der Waals surface area contributed by atoms with Crippen LogP contribution in [0.15, 0.2) is 36.4 Å². The van der Waals surface area contributed by atoms with Crippen LogP contribution in [0.25, 0.3) is 10.8 Å². The molecule has 1 saturated carbocycles. The van der Waals surface area contributed by atoms with Crippen molar-refractivity contribution in [2.24, 2.45) is 17.8 Å². The lowest BCUT2D eigenvalue weighted by Gasteiger charge is -2.36. The maximum atomic E-state index is 12.6. The molecule has 1 aliphatic carbocycles. The van der Waals surface area contributed by atoms with E-state index in [1.807, 2.05) is 36.4 Å². The van der Waals surface area contributed by atoms with Crippen molar-refractivity contribution in [1.29, 1.82) is 0 Å². The minimum absolute atomic E-state index is 0.0927. The van der Waals surface area contributed by atoms with Crippen LogP contribution in [0.4, 0.5) is 0 Å². The summed E-state index contributed by atoms with van der Waals surface area (Å²) in [4.78, 5) is 24.9. The summed E-state index contributed by atoms with van der Waals surface area (Å²) in [6.07, 6.45) is 3.02. The van der Waals surface area contributed by atoms with Crippen molar-refractivity contribution in [3.63, 3.8) is 0 Å². The summed E-state index contributed by atoms with van der Waals surface area (Å²) in [6, 6.07) is 11.6. The monoisotopic (exact) mass is 426 g/mol. The summed E-state index contributed by atoms with van der Waals surface area (Å²) in [5, 5.41) is 2.05. The summed E-state index contributed by atoms with van der Waals surface area (Å²) < 4.78 is 16.3. The molecule has 0 N–H and O–H groups in total. The van der Waals surface area contributed by atoms with Crippen molar-refractivity contribution in [2.75, 3.05) is 13.7 Å². The van der Waals surface area contributed by atoms with Crippen molar-refractivity contribution in [2.45, 2.75) is 59.0 Å². The predicted molar refractivity (Wildman–Crippen MR) is 121 cm³/mol. The van der Waals surface area contributed by atoms with Crippen LogP contribution >= 0.6 is 0 Å². The van der Waals surface area contributed by atoms with Gasteiger partial charge in [0.2, 0.25) is 0 Å². The third-order valence-corrected chi connectivity index (χ3v) is 6.50. The van der Waals surface area contributed by atoms with E-state index in [-0.39, 0.29) is 12.7 Å². The normalized spacial score (nSPS) is 22.2. The Morgan fingerprint density at radius 3 is 2.45 bits per heavy atom. The molecule has 0 aliphatic heterocycles. The number of hydrogen-bond donors (Lipinski definition) is 0. The molecule has 4 unspecified atom stereocenters. The summed E-state index contributed by atoms with van der Waals surface area (Å²) >= 11 is 0. The lowest BCUT2D eigenvalue weighted by Crippen LogP contribution is -2.37. The van der Waals surface area contributed by atoms with Crippen LogP contribution in [0.5, 0.6) is 5.75 Å². The van der Waals surface area contributed by atoms with Gasteiger partial charge in [0.25, 0.3) is 0 Å². The lowest BCUT2D eigenvalue weighted by molar-refractivity contribution is -0.167. The van der Waals surface area contributed by atoms with Crippen LogP contribution in [-0.4, -0.2) is 31.8 Å². The Kier molecular flexibility index (Phi) is 7.58. The van der Waals surface area contributed by atoms with E-state index in [0.29, 0.717) is 17.8 Å². The third-order valence-electron chi connectivity index (χ3n) is 6.50. The molecule has 1 fully saturated rings. The number of carbonyl (C=O) groups is 2. The number of fused-ring (bicyclic) bond motifs is 1. The zero-order chi connectivity index (χ0) is 22.5. The van der Waals surface area contributed by atoms with Gasteiger partial charge in [-0.3, -0.25) is 4.79 Å². The second-order valence-electron chi connectivity index (χ2n) is 9.16. The molecule has 4 atom stereocenters. The predicted octanol–water partition coefficient (Wildman–Crippen LogP) is 5.50. The minimum atomic E-state index is -0.475. The number of esters is 2. The molecule has 168 valence electrons. The Morgan fingerprint density at radius 2 is 1.74 bits per heavy atom. The standard InChI is InChI=1S/C26H34O5/c1-16(2)23-11-6-17(3)12-24(23)31-25(27)15-30-26(28)18(4)19-7-8-21-14-22(29-5)10-9-20(21)13-19/h7-10,13-14,16-18,23-24H,6,11-12,15H2,1-5H3. The molecule has 0 aromatic heterocycles. The first-order valence-corrected chi connectivity index (χ1v) is 11.2. The Labute approximate surface area is 185 Å². The highest BCUT2D eigenvalue weighted by Gasteiger charge is 2.33. The Morgan fingerprint density at radius 1 is 1.03 bits per heavy atom. The van der Waals surface area contributed by atoms with E-state index >= 15 is 0 Å². The van der Waals surface area contributed by atoms with Gasteiger partial charge in [0.05, 0.1) is 13.0 Å². The van der Waals surface area contributed by atoms with Gasteiger partial charge in [-0.25, -0.2) is 4.79 Å². The highest BCUT2D eigenvalue weighted by Crippen LogP contribution is 2.35. The smallest absolute Gasteiger partial charge is 0.344 e. The van der Waals surface area contributed by atoms with Crippen LogP contribution in [0, 0.1) is 17.8 Å². The van der Waals surface area contributed by atoms with E-state index in [1.165, 1.54) is 6.42 Å². The molecule has 0 radical (unpaired) electrons. The SMILES string of the molecule is COc1ccc2cc(C(C)C(=O)OCC(=O)OC3CC(C)CCC3C(C)C)ccc2c1. The van der Waals surface area contributed by atoms with Crippen LogP contribution < -0.4 is 4.74 Å². The van der Waals surface area contributed by atoms with Crippen LogP contribution in [0.1, 0.15) is 58.4 Å². The molecular weight excluding hydrogens is 392 g/mol. The van der Waals surface area contributed by atoms with Gasteiger partial charge in [0.1, 0.15) is 11.9 Å². The van der Waals surface area contributed by atoms with Gasteiger partial charge in [-0.15, -0.1) is 0 Å². The zero-order valence-electron chi connectivity index (χ0n) is 19.2. The number of benzene rings is 2. The fourth-order valence-corrected chi connectivity index (χ4v) is 4.48. The van der Waals surface area contributed by atoms with Crippen molar-refractivity contribution in [3.8, 4) is 5.75 Å². The second-order valence-corrected chi connectivity index (χ2v) is 9.16. The van der Waals surface area contributed by atoms with Gasteiger partial charge < -0.3 is 14.2 Å². The quantitative estimate of drug-likeness (QED) is 0.547. The van der Waals surface area contributed by atoms with Gasteiger partial charge in [0, 0.05) is 0 Å². The zero-order valence-corrected chi connectivity index (χ0v) is 19.2. The Balaban J connectivity index is 1.57. The highest BCUT2D eigenvalue weighted by atomic mass is 16.6. The fraction of sp³-hybridized carbons (Fsp3) is 0.538.